The molecule has 1 fully saturated rings. The highest BCUT2D eigenvalue weighted by Gasteiger charge is 2.22. The number of para-hydroxylation sites is 2. The first-order chi connectivity index (χ1) is 9.06. The van der Waals surface area contributed by atoms with Gasteiger partial charge in [-0.15, -0.1) is 12.4 Å². The quantitative estimate of drug-likeness (QED) is 0.638. The molecule has 1 heterocycles. The summed E-state index contributed by atoms with van der Waals surface area (Å²) in [7, 11) is 0. The molecule has 20 heavy (non-hydrogen) atoms. The van der Waals surface area contributed by atoms with Crippen LogP contribution in [0.3, 0.4) is 0 Å². The van der Waals surface area contributed by atoms with Gasteiger partial charge in [0.15, 0.2) is 0 Å². The van der Waals surface area contributed by atoms with Gasteiger partial charge in [-0.3, -0.25) is 19.8 Å². The number of nitro benzene ring substituents is 1. The zero-order valence-corrected chi connectivity index (χ0v) is 11.6. The summed E-state index contributed by atoms with van der Waals surface area (Å²) in [6.07, 6.45) is 0.874. The van der Waals surface area contributed by atoms with E-state index in [1.54, 1.807) is 12.1 Å². The number of amides is 1. The van der Waals surface area contributed by atoms with Gasteiger partial charge in [0.2, 0.25) is 5.91 Å². The minimum absolute atomic E-state index is 0. The van der Waals surface area contributed by atoms with Crippen LogP contribution in [-0.4, -0.2) is 41.4 Å². The molecule has 0 radical (unpaired) electrons. The minimum atomic E-state index is -0.513. The molecule has 1 saturated heterocycles. The summed E-state index contributed by atoms with van der Waals surface area (Å²) >= 11 is 0. The Balaban J connectivity index is 0.00000200. The van der Waals surface area contributed by atoms with E-state index in [2.05, 4.69) is 5.32 Å². The van der Waals surface area contributed by atoms with E-state index in [9.17, 15) is 14.9 Å². The monoisotopic (exact) mass is 300 g/mol. The molecule has 0 spiro atoms. The highest BCUT2D eigenvalue weighted by molar-refractivity contribution is 5.94. The van der Waals surface area contributed by atoms with Gasteiger partial charge in [0, 0.05) is 25.2 Å². The zero-order chi connectivity index (χ0) is 13.8. The lowest BCUT2D eigenvalue weighted by atomic mass is 10.2. The van der Waals surface area contributed by atoms with Gasteiger partial charge in [-0.05, 0) is 12.5 Å². The van der Waals surface area contributed by atoms with Crippen LogP contribution in [0.1, 0.15) is 6.42 Å². The molecule has 110 valence electrons. The van der Waals surface area contributed by atoms with Gasteiger partial charge in [0.25, 0.3) is 5.69 Å². The van der Waals surface area contributed by atoms with Gasteiger partial charge in [-0.2, -0.15) is 0 Å². The SMILES string of the molecule is Cl.N[C@@H]1CCN(CC(=O)Nc2ccccc2[N+](=O)[O-])C1. The fraction of sp³-hybridized carbons (Fsp3) is 0.417. The summed E-state index contributed by atoms with van der Waals surface area (Å²) in [6, 6.07) is 6.20. The number of nitrogens with two attached hydrogens (primary N) is 1. The fourth-order valence-electron chi connectivity index (χ4n) is 2.14. The maximum Gasteiger partial charge on any atom is 0.292 e. The molecular weight excluding hydrogens is 284 g/mol. The molecule has 1 aromatic carbocycles. The van der Waals surface area contributed by atoms with Gasteiger partial charge in [0.05, 0.1) is 11.5 Å². The van der Waals surface area contributed by atoms with Crippen molar-refractivity contribution in [3.63, 3.8) is 0 Å². The first-order valence-corrected chi connectivity index (χ1v) is 6.07. The zero-order valence-electron chi connectivity index (χ0n) is 10.8. The number of nitrogens with zero attached hydrogens (tertiary/aromatic N) is 2. The highest BCUT2D eigenvalue weighted by atomic mass is 35.5. The molecule has 1 amide bonds. The van der Waals surface area contributed by atoms with E-state index < -0.39 is 4.92 Å². The molecule has 8 heteroatoms. The van der Waals surface area contributed by atoms with Gasteiger partial charge < -0.3 is 11.1 Å². The molecule has 7 nitrogen and oxygen atoms in total. The van der Waals surface area contributed by atoms with E-state index in [4.69, 9.17) is 5.73 Å². The minimum Gasteiger partial charge on any atom is -0.326 e. The lowest BCUT2D eigenvalue weighted by molar-refractivity contribution is -0.383. The third-order valence-electron chi connectivity index (χ3n) is 3.05. The number of likely N-dealkylation sites (tertiary alicyclic amines) is 1. The largest absolute Gasteiger partial charge is 0.326 e. The molecule has 0 aromatic heterocycles. The second-order valence-corrected chi connectivity index (χ2v) is 4.61. The third-order valence-corrected chi connectivity index (χ3v) is 3.05. The van der Waals surface area contributed by atoms with Crippen molar-refractivity contribution in [1.82, 2.24) is 4.90 Å². The first-order valence-electron chi connectivity index (χ1n) is 6.07. The van der Waals surface area contributed by atoms with Crippen LogP contribution in [0.15, 0.2) is 24.3 Å². The van der Waals surface area contributed by atoms with E-state index in [-0.39, 0.29) is 42.3 Å². The van der Waals surface area contributed by atoms with Crippen molar-refractivity contribution in [2.45, 2.75) is 12.5 Å². The Labute approximate surface area is 122 Å². The molecule has 3 N–H and O–H groups in total. The topological polar surface area (TPSA) is 102 Å². The number of rotatable bonds is 4. The summed E-state index contributed by atoms with van der Waals surface area (Å²) < 4.78 is 0. The highest BCUT2D eigenvalue weighted by Crippen LogP contribution is 2.23. The number of hydrogen-bond acceptors (Lipinski definition) is 5. The fourth-order valence-corrected chi connectivity index (χ4v) is 2.14. The van der Waals surface area contributed by atoms with Crippen LogP contribution in [0, 0.1) is 10.1 Å². The van der Waals surface area contributed by atoms with Crippen LogP contribution in [0.5, 0.6) is 0 Å². The number of carbonyl (C=O) groups excluding carboxylic acids is 1. The molecule has 0 saturated carbocycles. The van der Waals surface area contributed by atoms with Gasteiger partial charge in [0.1, 0.15) is 5.69 Å². The van der Waals surface area contributed by atoms with Gasteiger partial charge in [-0.25, -0.2) is 0 Å². The van der Waals surface area contributed by atoms with E-state index >= 15 is 0 Å². The normalized spacial score (nSPS) is 18.4. The Morgan fingerprint density at radius 3 is 2.80 bits per heavy atom. The van der Waals surface area contributed by atoms with Crippen molar-refractivity contribution < 1.29 is 9.72 Å². The van der Waals surface area contributed by atoms with Crippen molar-refractivity contribution >= 4 is 29.7 Å². The summed E-state index contributed by atoms with van der Waals surface area (Å²) in [5.41, 5.74) is 5.87. The lowest BCUT2D eigenvalue weighted by Gasteiger charge is -2.14. The second kappa shape index (κ2) is 7.18. The first kappa shape index (κ1) is 16.4. The van der Waals surface area contributed by atoms with Crippen molar-refractivity contribution in [3.05, 3.63) is 34.4 Å². The average Bonchev–Trinajstić information content (AvgIpc) is 2.75. The van der Waals surface area contributed by atoms with Gasteiger partial charge >= 0.3 is 0 Å². The maximum absolute atomic E-state index is 11.8. The standard InChI is InChI=1S/C12H16N4O3.ClH/c13-9-5-6-15(7-9)8-12(17)14-10-3-1-2-4-11(10)16(18)19;/h1-4,9H,5-8,13H2,(H,14,17);1H/t9-;/m1./s1. The number of benzene rings is 1. The predicted molar refractivity (Wildman–Crippen MR) is 78.0 cm³/mol. The van der Waals surface area contributed by atoms with Crippen LogP contribution in [0.25, 0.3) is 0 Å². The van der Waals surface area contributed by atoms with Crippen molar-refractivity contribution in [1.29, 1.82) is 0 Å². The van der Waals surface area contributed by atoms with Gasteiger partial charge in [-0.1, -0.05) is 12.1 Å². The van der Waals surface area contributed by atoms with E-state index in [1.165, 1.54) is 12.1 Å². The van der Waals surface area contributed by atoms with E-state index in [1.807, 2.05) is 4.90 Å². The van der Waals surface area contributed by atoms with E-state index in [0.717, 1.165) is 13.0 Å². The Bertz CT molecular complexity index is 497. The molecule has 1 atom stereocenters. The summed E-state index contributed by atoms with van der Waals surface area (Å²) in [5.74, 6) is -0.261. The second-order valence-electron chi connectivity index (χ2n) is 4.61. The molecule has 2 rings (SSSR count). The molecule has 0 aliphatic carbocycles. The Morgan fingerprint density at radius 2 is 2.20 bits per heavy atom. The Hall–Kier alpha value is -1.70. The number of halogens is 1. The number of nitro groups is 1. The molecule has 1 aromatic rings. The summed E-state index contributed by atoms with van der Waals surface area (Å²) in [5, 5.41) is 13.4. The Morgan fingerprint density at radius 1 is 1.50 bits per heavy atom. The number of hydrogen-bond donors (Lipinski definition) is 2. The Kier molecular flexibility index (Phi) is 5.87. The molecule has 0 bridgehead atoms. The van der Waals surface area contributed by atoms with Crippen LogP contribution >= 0.6 is 12.4 Å². The summed E-state index contributed by atoms with van der Waals surface area (Å²) in [4.78, 5) is 24.1. The smallest absolute Gasteiger partial charge is 0.292 e. The van der Waals surface area contributed by atoms with Crippen LogP contribution < -0.4 is 11.1 Å². The number of carbonyl (C=O) groups is 1. The average molecular weight is 301 g/mol. The van der Waals surface area contributed by atoms with E-state index in [0.29, 0.717) is 6.54 Å². The predicted octanol–water partition coefficient (Wildman–Crippen LogP) is 0.988. The molecular formula is C12H17ClN4O3. The number of anilines is 1. The molecule has 0 unspecified atom stereocenters. The van der Waals surface area contributed by atoms with Crippen molar-refractivity contribution in [2.24, 2.45) is 5.73 Å². The van der Waals surface area contributed by atoms with Crippen LogP contribution in [0.2, 0.25) is 0 Å². The summed E-state index contributed by atoms with van der Waals surface area (Å²) in [6.45, 7) is 1.68. The van der Waals surface area contributed by atoms with Crippen LogP contribution in [0.4, 0.5) is 11.4 Å². The number of nitrogens with one attached hydrogen (secondary N) is 1. The van der Waals surface area contributed by atoms with Crippen molar-refractivity contribution in [2.75, 3.05) is 25.0 Å². The maximum atomic E-state index is 11.8. The third kappa shape index (κ3) is 4.16. The lowest BCUT2D eigenvalue weighted by Crippen LogP contribution is -2.33. The van der Waals surface area contributed by atoms with Crippen LogP contribution in [-0.2, 0) is 4.79 Å². The molecule has 1 aliphatic rings. The molecule has 1 aliphatic heterocycles. The van der Waals surface area contributed by atoms with Crippen molar-refractivity contribution in [3.8, 4) is 0 Å².